The van der Waals surface area contributed by atoms with Gasteiger partial charge in [-0.15, -0.1) is 0 Å². The topological polar surface area (TPSA) is 123 Å². The van der Waals surface area contributed by atoms with Crippen molar-refractivity contribution in [3.8, 4) is 5.75 Å². The van der Waals surface area contributed by atoms with Gasteiger partial charge >= 0.3 is 11.5 Å². The number of benzene rings is 2. The van der Waals surface area contributed by atoms with Gasteiger partial charge in [0.05, 0.1) is 24.8 Å². The van der Waals surface area contributed by atoms with Crippen LogP contribution in [0.4, 0.5) is 23.2 Å². The number of nitrogens with one attached hydrogen (secondary N) is 2. The van der Waals surface area contributed by atoms with Crippen molar-refractivity contribution in [1.82, 2.24) is 15.1 Å². The Morgan fingerprint density at radius 2 is 1.93 bits per heavy atom. The second kappa shape index (κ2) is 12.3. The molecule has 4 unspecified atom stereocenters. The monoisotopic (exact) mass is 620 g/mol. The molecule has 43 heavy (non-hydrogen) atoms. The maximum atomic E-state index is 15.0. The zero-order chi connectivity index (χ0) is 30.9. The molecular weight excluding hydrogens is 592 g/mol. The summed E-state index contributed by atoms with van der Waals surface area (Å²) < 4.78 is 59.9. The molecule has 1 aromatic heterocycles. The average molecular weight is 621 g/mol. The molecule has 0 aliphatic heterocycles. The van der Waals surface area contributed by atoms with Crippen molar-refractivity contribution >= 4 is 35.2 Å². The van der Waals surface area contributed by atoms with Crippen LogP contribution in [0.3, 0.4) is 0 Å². The summed E-state index contributed by atoms with van der Waals surface area (Å²) in [4.78, 5) is 37.9. The first-order chi connectivity index (χ1) is 20.4. The minimum atomic E-state index is -4.47. The Kier molecular flexibility index (Phi) is 8.67. The number of carbonyl (C=O) groups is 3. The maximum Gasteiger partial charge on any atom is 0.446 e. The van der Waals surface area contributed by atoms with Gasteiger partial charge in [0, 0.05) is 35.3 Å². The second-order valence-electron chi connectivity index (χ2n) is 10.7. The van der Waals surface area contributed by atoms with Gasteiger partial charge in [0.2, 0.25) is 5.91 Å². The Morgan fingerprint density at radius 1 is 1.16 bits per heavy atom. The predicted molar refractivity (Wildman–Crippen MR) is 148 cm³/mol. The van der Waals surface area contributed by atoms with E-state index in [1.165, 1.54) is 54.5 Å². The number of nitrogens with zero attached hydrogens (tertiary/aromatic N) is 2. The zero-order valence-electron chi connectivity index (χ0n) is 22.9. The van der Waals surface area contributed by atoms with E-state index in [1.807, 2.05) is 0 Å². The lowest BCUT2D eigenvalue weighted by molar-refractivity contribution is -0.137. The number of carboxylic acids is 1. The molecule has 0 spiro atoms. The number of hydrogen-bond donors (Lipinski definition) is 3. The molecule has 2 amide bonds. The summed E-state index contributed by atoms with van der Waals surface area (Å²) in [6.07, 6.45) is 5.26. The third kappa shape index (κ3) is 7.12. The lowest BCUT2D eigenvalue weighted by Gasteiger charge is -2.31. The second-order valence-corrected chi connectivity index (χ2v) is 11.8. The van der Waals surface area contributed by atoms with E-state index in [1.54, 1.807) is 0 Å². The van der Waals surface area contributed by atoms with E-state index < -0.39 is 41.1 Å². The fraction of sp³-hybridized carbons (Fsp3) is 0.379. The molecule has 228 valence electrons. The molecule has 2 aromatic carbocycles. The summed E-state index contributed by atoms with van der Waals surface area (Å²) in [6.45, 7) is -0.352. The third-order valence-corrected chi connectivity index (χ3v) is 8.56. The first-order valence-electron chi connectivity index (χ1n) is 13.5. The molecule has 3 N–H and O–H groups in total. The molecule has 14 heteroatoms. The van der Waals surface area contributed by atoms with Crippen molar-refractivity contribution in [3.63, 3.8) is 0 Å². The van der Waals surface area contributed by atoms with Gasteiger partial charge in [-0.05, 0) is 78.3 Å². The molecule has 2 bridgehead atoms. The summed E-state index contributed by atoms with van der Waals surface area (Å²) in [5, 5.41) is 18.6. The Hall–Kier alpha value is -4.07. The van der Waals surface area contributed by atoms with Gasteiger partial charge in [0.1, 0.15) is 18.1 Å². The molecule has 2 aliphatic carbocycles. The van der Waals surface area contributed by atoms with Gasteiger partial charge in [-0.1, -0.05) is 6.07 Å². The minimum Gasteiger partial charge on any atom is -0.496 e. The van der Waals surface area contributed by atoms with Gasteiger partial charge in [0.25, 0.3) is 5.91 Å². The zero-order valence-corrected chi connectivity index (χ0v) is 23.7. The van der Waals surface area contributed by atoms with Gasteiger partial charge < -0.3 is 20.5 Å². The maximum absolute atomic E-state index is 15.0. The average Bonchev–Trinajstić information content (AvgIpc) is 3.65. The van der Waals surface area contributed by atoms with Crippen LogP contribution in [0, 0.1) is 23.6 Å². The quantitative estimate of drug-likeness (QED) is 0.213. The number of amides is 2. The smallest absolute Gasteiger partial charge is 0.446 e. The molecule has 1 heterocycles. The predicted octanol–water partition coefficient (Wildman–Crippen LogP) is 5.10. The lowest BCUT2D eigenvalue weighted by atomic mass is 9.83. The van der Waals surface area contributed by atoms with Crippen LogP contribution in [0.25, 0.3) is 0 Å². The van der Waals surface area contributed by atoms with Gasteiger partial charge in [-0.2, -0.15) is 18.3 Å². The van der Waals surface area contributed by atoms with E-state index >= 15 is 0 Å². The first-order valence-corrected chi connectivity index (χ1v) is 14.3. The van der Waals surface area contributed by atoms with Crippen LogP contribution in [0.5, 0.6) is 5.75 Å². The number of methoxy groups -OCH3 is 1. The summed E-state index contributed by atoms with van der Waals surface area (Å²) in [5.41, 5.74) is -3.47. The molecule has 0 radical (unpaired) electrons. The van der Waals surface area contributed by atoms with Crippen molar-refractivity contribution in [2.45, 2.75) is 48.7 Å². The van der Waals surface area contributed by atoms with E-state index in [4.69, 9.17) is 9.84 Å². The van der Waals surface area contributed by atoms with E-state index in [0.29, 0.717) is 5.56 Å². The first kappa shape index (κ1) is 30.4. The van der Waals surface area contributed by atoms with Crippen LogP contribution in [-0.2, 0) is 22.6 Å². The number of alkyl halides is 3. The van der Waals surface area contributed by atoms with Crippen molar-refractivity contribution in [2.75, 3.05) is 12.4 Å². The number of rotatable bonds is 10. The third-order valence-electron chi connectivity index (χ3n) is 7.84. The Balaban J connectivity index is 1.33. The van der Waals surface area contributed by atoms with Crippen molar-refractivity contribution in [3.05, 3.63) is 71.3 Å². The SMILES string of the molecule is COc1cc(F)c(Cc2cnn(CC(=O)O)c2)cc1C(=O)NC1C2CCC(C2)C1C(=O)Nc1cccc(SC(F)(F)F)c1. The van der Waals surface area contributed by atoms with Crippen LogP contribution < -0.4 is 15.4 Å². The highest BCUT2D eigenvalue weighted by Gasteiger charge is 2.51. The van der Waals surface area contributed by atoms with Crippen molar-refractivity contribution in [2.24, 2.45) is 17.8 Å². The van der Waals surface area contributed by atoms with E-state index in [9.17, 15) is 31.9 Å². The Morgan fingerprint density at radius 3 is 2.65 bits per heavy atom. The fourth-order valence-electron chi connectivity index (χ4n) is 6.13. The normalized spacial score (nSPS) is 21.0. The number of fused-ring (bicyclic) bond motifs is 2. The van der Waals surface area contributed by atoms with Crippen LogP contribution >= 0.6 is 11.8 Å². The van der Waals surface area contributed by atoms with Gasteiger partial charge in [0.15, 0.2) is 0 Å². The number of carbonyl (C=O) groups excluding carboxylic acids is 2. The molecular formula is C29H28F4N4O5S. The minimum absolute atomic E-state index is 0.00320. The molecule has 2 aliphatic rings. The molecule has 2 fully saturated rings. The molecule has 9 nitrogen and oxygen atoms in total. The van der Waals surface area contributed by atoms with Crippen LogP contribution in [-0.4, -0.2) is 51.3 Å². The Labute approximate surface area is 248 Å². The summed E-state index contributed by atoms with van der Waals surface area (Å²) >= 11 is -0.273. The van der Waals surface area contributed by atoms with E-state index in [0.717, 1.165) is 25.3 Å². The Bertz CT molecular complexity index is 1550. The number of carboxylic acid groups (broad SMARTS) is 1. The highest BCUT2D eigenvalue weighted by Crippen LogP contribution is 2.49. The number of ether oxygens (including phenoxy) is 1. The van der Waals surface area contributed by atoms with Crippen molar-refractivity contribution < 1.29 is 41.8 Å². The lowest BCUT2D eigenvalue weighted by Crippen LogP contribution is -2.48. The molecule has 2 saturated carbocycles. The standard InChI is InChI=1S/C29H28F4N4O5S/c1-42-23-11-22(30)18(7-15-12-34-37(13-15)14-24(38)39)9-21(23)27(40)36-26-17-6-5-16(8-17)25(26)28(41)35-19-3-2-4-20(10-19)43-29(31,32)33/h2-4,9-13,16-17,25-26H,5-8,14H2,1H3,(H,35,41)(H,36,40)(H,38,39). The summed E-state index contributed by atoms with van der Waals surface area (Å²) in [5.74, 6) is -3.22. The summed E-state index contributed by atoms with van der Waals surface area (Å²) in [6, 6.07) is 7.43. The number of hydrogen-bond acceptors (Lipinski definition) is 6. The highest BCUT2D eigenvalue weighted by molar-refractivity contribution is 8.00. The largest absolute Gasteiger partial charge is 0.496 e. The van der Waals surface area contributed by atoms with Gasteiger partial charge in [-0.3, -0.25) is 19.1 Å². The van der Waals surface area contributed by atoms with Crippen LogP contribution in [0.15, 0.2) is 53.7 Å². The number of anilines is 1. The van der Waals surface area contributed by atoms with Gasteiger partial charge in [-0.25, -0.2) is 4.39 Å². The van der Waals surface area contributed by atoms with Crippen LogP contribution in [0.2, 0.25) is 0 Å². The number of aromatic nitrogens is 2. The number of aliphatic carboxylic acids is 1. The summed E-state index contributed by atoms with van der Waals surface area (Å²) in [7, 11) is 1.31. The highest BCUT2D eigenvalue weighted by atomic mass is 32.2. The molecule has 0 saturated heterocycles. The molecule has 4 atom stereocenters. The van der Waals surface area contributed by atoms with E-state index in [2.05, 4.69) is 15.7 Å². The fourth-order valence-corrected chi connectivity index (χ4v) is 6.73. The van der Waals surface area contributed by atoms with Crippen LogP contribution in [0.1, 0.15) is 40.7 Å². The molecule has 3 aromatic rings. The number of thioether (sulfide) groups is 1. The number of halogens is 4. The van der Waals surface area contributed by atoms with E-state index in [-0.39, 0.29) is 64.0 Å². The van der Waals surface area contributed by atoms with Crippen molar-refractivity contribution in [1.29, 1.82) is 0 Å². The molecule has 5 rings (SSSR count).